The highest BCUT2D eigenvalue weighted by atomic mass is 32.2. The molecule has 0 unspecified atom stereocenters. The van der Waals surface area contributed by atoms with Crippen molar-refractivity contribution in [2.24, 2.45) is 0 Å². The van der Waals surface area contributed by atoms with Crippen molar-refractivity contribution in [1.29, 1.82) is 0 Å². The molecule has 0 aliphatic carbocycles. The zero-order chi connectivity index (χ0) is 18.1. The summed E-state index contributed by atoms with van der Waals surface area (Å²) in [5, 5.41) is 0. The molecule has 0 bridgehead atoms. The number of alkyl halides is 3. The van der Waals surface area contributed by atoms with Crippen LogP contribution in [-0.4, -0.2) is 25.4 Å². The van der Waals surface area contributed by atoms with Gasteiger partial charge < -0.3 is 0 Å². The van der Waals surface area contributed by atoms with Crippen LogP contribution in [0.1, 0.15) is 23.4 Å². The van der Waals surface area contributed by atoms with Crippen LogP contribution in [0.25, 0.3) is 0 Å². The van der Waals surface area contributed by atoms with Crippen LogP contribution < -0.4 is 0 Å². The highest BCUT2D eigenvalue weighted by molar-refractivity contribution is 7.91. The summed E-state index contributed by atoms with van der Waals surface area (Å²) < 4.78 is 79.4. The van der Waals surface area contributed by atoms with Gasteiger partial charge in [0.05, 0.1) is 0 Å². The van der Waals surface area contributed by atoms with Crippen molar-refractivity contribution in [3.63, 3.8) is 0 Å². The van der Waals surface area contributed by atoms with Crippen molar-refractivity contribution in [3.05, 3.63) is 52.7 Å². The first kappa shape index (κ1) is 18.9. The molecule has 0 saturated heterocycles. The van der Waals surface area contributed by atoms with Gasteiger partial charge in [-0.05, 0) is 36.8 Å². The molecule has 0 amide bonds. The first-order valence-corrected chi connectivity index (χ1v) is 9.23. The van der Waals surface area contributed by atoms with E-state index in [1.165, 1.54) is 19.1 Å². The second-order valence-electron chi connectivity index (χ2n) is 5.07. The van der Waals surface area contributed by atoms with Crippen molar-refractivity contribution in [1.82, 2.24) is 4.31 Å². The predicted molar refractivity (Wildman–Crippen MR) is 83.8 cm³/mol. The lowest BCUT2D eigenvalue weighted by molar-refractivity contribution is -0.173. The van der Waals surface area contributed by atoms with Crippen LogP contribution in [0.5, 0.6) is 0 Å². The Labute approximate surface area is 141 Å². The highest BCUT2D eigenvalue weighted by Crippen LogP contribution is 2.41. The largest absolute Gasteiger partial charge is 0.409 e. The molecule has 2 rings (SSSR count). The second-order valence-corrected chi connectivity index (χ2v) is 8.47. The second kappa shape index (κ2) is 6.81. The standard InChI is InChI=1S/C15H15F4NO2S2/c1-3-20(24(21,22)13-9-4-10(2)23-13)14(15(17,18)19)11-5-7-12(16)8-6-11/h4-9,14H,3H2,1-2H3/t14-/m1/s1. The molecule has 132 valence electrons. The minimum atomic E-state index is -4.84. The molecule has 1 heterocycles. The molecular weight excluding hydrogens is 366 g/mol. The molecule has 3 nitrogen and oxygen atoms in total. The van der Waals surface area contributed by atoms with Gasteiger partial charge >= 0.3 is 6.18 Å². The van der Waals surface area contributed by atoms with Crippen LogP contribution in [0.15, 0.2) is 40.6 Å². The molecule has 2 aromatic rings. The molecule has 0 spiro atoms. The fourth-order valence-electron chi connectivity index (χ4n) is 2.32. The number of hydrogen-bond acceptors (Lipinski definition) is 3. The van der Waals surface area contributed by atoms with E-state index in [1.54, 1.807) is 6.92 Å². The lowest BCUT2D eigenvalue weighted by Crippen LogP contribution is -2.42. The molecule has 0 fully saturated rings. The van der Waals surface area contributed by atoms with Gasteiger partial charge in [-0.15, -0.1) is 11.3 Å². The van der Waals surface area contributed by atoms with Crippen molar-refractivity contribution in [2.45, 2.75) is 30.3 Å². The summed E-state index contributed by atoms with van der Waals surface area (Å²) in [5.74, 6) is -0.695. The summed E-state index contributed by atoms with van der Waals surface area (Å²) in [4.78, 5) is 0.676. The first-order chi connectivity index (χ1) is 11.1. The monoisotopic (exact) mass is 381 g/mol. The van der Waals surface area contributed by atoms with Gasteiger partial charge in [0.2, 0.25) is 0 Å². The molecule has 1 atom stereocenters. The maximum Gasteiger partial charge on any atom is 0.409 e. The van der Waals surface area contributed by atoms with Crippen LogP contribution >= 0.6 is 11.3 Å². The Morgan fingerprint density at radius 1 is 1.12 bits per heavy atom. The van der Waals surface area contributed by atoms with Gasteiger partial charge in [-0.25, -0.2) is 12.8 Å². The molecule has 0 N–H and O–H groups in total. The fourth-order valence-corrected chi connectivity index (χ4v) is 5.34. The van der Waals surface area contributed by atoms with Crippen LogP contribution in [0, 0.1) is 12.7 Å². The van der Waals surface area contributed by atoms with E-state index in [9.17, 15) is 26.0 Å². The number of aryl methyl sites for hydroxylation is 1. The maximum atomic E-state index is 13.6. The molecular formula is C15H15F4NO2S2. The Hall–Kier alpha value is -1.45. The zero-order valence-corrected chi connectivity index (χ0v) is 14.5. The quantitative estimate of drug-likeness (QED) is 0.715. The van der Waals surface area contributed by atoms with Crippen LogP contribution in [0.4, 0.5) is 17.6 Å². The average Bonchev–Trinajstić information content (AvgIpc) is 2.92. The number of hydrogen-bond donors (Lipinski definition) is 0. The third-order valence-corrected chi connectivity index (χ3v) is 6.78. The summed E-state index contributed by atoms with van der Waals surface area (Å²) >= 11 is 0.907. The van der Waals surface area contributed by atoms with Crippen molar-refractivity contribution >= 4 is 21.4 Å². The van der Waals surface area contributed by atoms with Crippen LogP contribution in [-0.2, 0) is 10.0 Å². The molecule has 1 aromatic carbocycles. The summed E-state index contributed by atoms with van der Waals surface area (Å²) in [6.07, 6.45) is -4.84. The minimum absolute atomic E-state index is 0.154. The predicted octanol–water partition coefficient (Wildman–Crippen LogP) is 4.51. The van der Waals surface area contributed by atoms with E-state index >= 15 is 0 Å². The SMILES string of the molecule is CCN([C@H](c1ccc(F)cc1)C(F)(F)F)S(=O)(=O)c1ccc(C)s1. The smallest absolute Gasteiger partial charge is 0.207 e. The maximum absolute atomic E-state index is 13.6. The lowest BCUT2D eigenvalue weighted by atomic mass is 10.1. The fraction of sp³-hybridized carbons (Fsp3) is 0.333. The number of sulfonamides is 1. The van der Waals surface area contributed by atoms with E-state index in [0.29, 0.717) is 9.18 Å². The molecule has 0 aliphatic rings. The summed E-state index contributed by atoms with van der Waals surface area (Å²) in [6.45, 7) is 2.63. The summed E-state index contributed by atoms with van der Waals surface area (Å²) in [5.41, 5.74) is -0.331. The molecule has 0 aliphatic heterocycles. The van der Waals surface area contributed by atoms with E-state index in [4.69, 9.17) is 0 Å². The average molecular weight is 381 g/mol. The molecule has 24 heavy (non-hydrogen) atoms. The Kier molecular flexibility index (Phi) is 5.36. The third kappa shape index (κ3) is 3.79. The van der Waals surface area contributed by atoms with Gasteiger partial charge in [0.1, 0.15) is 16.1 Å². The number of rotatable bonds is 5. The number of benzene rings is 1. The third-order valence-electron chi connectivity index (χ3n) is 3.37. The Bertz CT molecular complexity index is 798. The Morgan fingerprint density at radius 3 is 2.12 bits per heavy atom. The van der Waals surface area contributed by atoms with Gasteiger partial charge in [0, 0.05) is 11.4 Å². The molecule has 0 radical (unpaired) electrons. The van der Waals surface area contributed by atoms with Gasteiger partial charge in [-0.3, -0.25) is 0 Å². The Balaban J connectivity index is 2.56. The van der Waals surface area contributed by atoms with E-state index < -0.39 is 28.1 Å². The number of thiophene rings is 1. The summed E-state index contributed by atoms with van der Waals surface area (Å²) in [7, 11) is -4.33. The van der Waals surface area contributed by atoms with E-state index in [2.05, 4.69) is 0 Å². The Morgan fingerprint density at radius 2 is 1.71 bits per heavy atom. The van der Waals surface area contributed by atoms with E-state index in [0.717, 1.165) is 35.6 Å². The first-order valence-electron chi connectivity index (χ1n) is 6.98. The van der Waals surface area contributed by atoms with Gasteiger partial charge in [0.15, 0.2) is 0 Å². The van der Waals surface area contributed by atoms with Crippen molar-refractivity contribution in [2.75, 3.05) is 6.54 Å². The summed E-state index contributed by atoms with van der Waals surface area (Å²) in [6, 6.07) is 4.10. The van der Waals surface area contributed by atoms with Crippen LogP contribution in [0.2, 0.25) is 0 Å². The number of halogens is 4. The highest BCUT2D eigenvalue weighted by Gasteiger charge is 2.48. The van der Waals surface area contributed by atoms with E-state index in [1.807, 2.05) is 0 Å². The van der Waals surface area contributed by atoms with Crippen molar-refractivity contribution < 1.29 is 26.0 Å². The molecule has 1 aromatic heterocycles. The van der Waals surface area contributed by atoms with Gasteiger partial charge in [0.25, 0.3) is 10.0 Å². The zero-order valence-electron chi connectivity index (χ0n) is 12.8. The van der Waals surface area contributed by atoms with Gasteiger partial charge in [-0.1, -0.05) is 19.1 Å². The lowest BCUT2D eigenvalue weighted by Gasteiger charge is -2.31. The van der Waals surface area contributed by atoms with Crippen molar-refractivity contribution in [3.8, 4) is 0 Å². The van der Waals surface area contributed by atoms with E-state index in [-0.39, 0.29) is 16.3 Å². The topological polar surface area (TPSA) is 37.4 Å². The molecule has 9 heteroatoms. The van der Waals surface area contributed by atoms with Gasteiger partial charge in [-0.2, -0.15) is 17.5 Å². The van der Waals surface area contributed by atoms with Crippen LogP contribution in [0.3, 0.4) is 0 Å². The minimum Gasteiger partial charge on any atom is -0.207 e. The normalized spacial score (nSPS) is 14.1. The molecule has 0 saturated carbocycles. The number of nitrogens with zero attached hydrogens (tertiary/aromatic N) is 1.